The lowest BCUT2D eigenvalue weighted by atomic mass is 10.2. The van der Waals surface area contributed by atoms with E-state index in [1.807, 2.05) is 34.5 Å². The summed E-state index contributed by atoms with van der Waals surface area (Å²) in [5.74, 6) is -0.0452. The largest absolute Gasteiger partial charge is 0.306 e. The Morgan fingerprint density at radius 2 is 2.17 bits per heavy atom. The molecule has 116 valence electrons. The van der Waals surface area contributed by atoms with E-state index < -0.39 is 0 Å². The van der Waals surface area contributed by atoms with E-state index >= 15 is 0 Å². The van der Waals surface area contributed by atoms with Crippen molar-refractivity contribution < 1.29 is 4.79 Å². The summed E-state index contributed by atoms with van der Waals surface area (Å²) >= 11 is 12.4. The van der Waals surface area contributed by atoms with Crippen molar-refractivity contribution in [2.24, 2.45) is 0 Å². The van der Waals surface area contributed by atoms with Crippen LogP contribution in [0.25, 0.3) is 9.88 Å². The summed E-state index contributed by atoms with van der Waals surface area (Å²) in [6.07, 6.45) is 0.873. The van der Waals surface area contributed by atoms with Crippen LogP contribution in [0.2, 0.25) is 4.34 Å². The second kappa shape index (κ2) is 6.02. The zero-order chi connectivity index (χ0) is 16.0. The van der Waals surface area contributed by atoms with E-state index in [0.717, 1.165) is 30.8 Å². The summed E-state index contributed by atoms with van der Waals surface area (Å²) in [4.78, 5) is 20.1. The molecule has 3 heterocycles. The van der Waals surface area contributed by atoms with Crippen LogP contribution in [0, 0.1) is 0 Å². The maximum Gasteiger partial charge on any atom is 0.277 e. The maximum atomic E-state index is 12.8. The molecule has 0 aliphatic carbocycles. The van der Waals surface area contributed by atoms with Crippen LogP contribution in [-0.4, -0.2) is 17.4 Å². The molecule has 0 bridgehead atoms. The van der Waals surface area contributed by atoms with Crippen LogP contribution >= 0.6 is 50.2 Å². The number of benzene rings is 1. The Bertz CT molecular complexity index is 905. The van der Waals surface area contributed by atoms with E-state index in [9.17, 15) is 4.79 Å². The Labute approximate surface area is 154 Å². The van der Waals surface area contributed by atoms with Gasteiger partial charge < -0.3 is 4.90 Å². The number of aromatic nitrogens is 1. The van der Waals surface area contributed by atoms with Gasteiger partial charge in [-0.25, -0.2) is 4.98 Å². The molecule has 1 aliphatic rings. The van der Waals surface area contributed by atoms with Gasteiger partial charge in [-0.3, -0.25) is 4.79 Å². The Balaban J connectivity index is 1.63. The highest BCUT2D eigenvalue weighted by Crippen LogP contribution is 2.35. The Morgan fingerprint density at radius 1 is 1.30 bits per heavy atom. The van der Waals surface area contributed by atoms with Crippen molar-refractivity contribution in [1.82, 2.24) is 4.98 Å². The molecule has 3 nitrogen and oxygen atoms in total. The van der Waals surface area contributed by atoms with Crippen molar-refractivity contribution in [2.45, 2.75) is 6.42 Å². The molecule has 1 amide bonds. The van der Waals surface area contributed by atoms with Gasteiger partial charge in [-0.1, -0.05) is 27.5 Å². The number of carbonyl (C=O) groups is 1. The fourth-order valence-electron chi connectivity index (χ4n) is 2.63. The molecule has 2 aromatic heterocycles. The molecule has 7 heteroatoms. The Morgan fingerprint density at radius 3 is 2.96 bits per heavy atom. The molecule has 0 atom stereocenters. The zero-order valence-corrected chi connectivity index (χ0v) is 15.7. The molecule has 3 aromatic rings. The average molecular weight is 426 g/mol. The monoisotopic (exact) mass is 424 g/mol. The first-order chi connectivity index (χ1) is 11.1. The van der Waals surface area contributed by atoms with E-state index in [1.165, 1.54) is 28.2 Å². The van der Waals surface area contributed by atoms with Crippen LogP contribution < -0.4 is 4.90 Å². The first-order valence-electron chi connectivity index (χ1n) is 6.93. The highest BCUT2D eigenvalue weighted by molar-refractivity contribution is 9.10. The van der Waals surface area contributed by atoms with E-state index in [1.54, 1.807) is 0 Å². The predicted molar refractivity (Wildman–Crippen MR) is 100.0 cm³/mol. The lowest BCUT2D eigenvalue weighted by Gasteiger charge is -2.15. The molecule has 0 saturated heterocycles. The minimum Gasteiger partial charge on any atom is -0.306 e. The molecule has 0 saturated carbocycles. The summed E-state index contributed by atoms with van der Waals surface area (Å²) in [5.41, 5.74) is 2.66. The van der Waals surface area contributed by atoms with Gasteiger partial charge in [-0.2, -0.15) is 0 Å². The minimum atomic E-state index is -0.0452. The SMILES string of the molecule is O=C(c1csc(-c2ccc(Cl)s2)n1)N1CCc2cc(Br)ccc21. The number of halogens is 2. The van der Waals surface area contributed by atoms with Crippen molar-refractivity contribution >= 4 is 61.8 Å². The standard InChI is InChI=1S/C16H10BrClN2OS2/c17-10-1-2-12-9(7-10)5-6-20(12)16(21)11-8-22-15(19-11)13-3-4-14(18)23-13/h1-4,7-8H,5-6H2. The number of hydrogen-bond donors (Lipinski definition) is 0. The predicted octanol–water partition coefficient (Wildman–Crippen LogP) is 5.49. The topological polar surface area (TPSA) is 33.2 Å². The van der Waals surface area contributed by atoms with E-state index in [-0.39, 0.29) is 5.91 Å². The third-order valence-corrected chi connectivity index (χ3v) is 6.43. The first kappa shape index (κ1) is 15.3. The van der Waals surface area contributed by atoms with Gasteiger partial charge in [0.05, 0.1) is 9.21 Å². The van der Waals surface area contributed by atoms with Gasteiger partial charge in [0, 0.05) is 22.1 Å². The van der Waals surface area contributed by atoms with Gasteiger partial charge >= 0.3 is 0 Å². The Hall–Kier alpha value is -1.21. The van der Waals surface area contributed by atoms with Crippen LogP contribution in [0.15, 0.2) is 40.2 Å². The van der Waals surface area contributed by atoms with Crippen LogP contribution in [0.3, 0.4) is 0 Å². The Kier molecular flexibility index (Phi) is 4.01. The lowest BCUT2D eigenvalue weighted by Crippen LogP contribution is -2.29. The number of thiazole rings is 1. The summed E-state index contributed by atoms with van der Waals surface area (Å²) in [6.45, 7) is 0.697. The third kappa shape index (κ3) is 2.85. The van der Waals surface area contributed by atoms with E-state index in [4.69, 9.17) is 11.6 Å². The number of rotatable bonds is 2. The van der Waals surface area contributed by atoms with Crippen molar-refractivity contribution in [3.8, 4) is 9.88 Å². The quantitative estimate of drug-likeness (QED) is 0.544. The van der Waals surface area contributed by atoms with Gasteiger partial charge in [-0.05, 0) is 42.3 Å². The van der Waals surface area contributed by atoms with Crippen molar-refractivity contribution in [1.29, 1.82) is 0 Å². The van der Waals surface area contributed by atoms with Crippen LogP contribution in [0.5, 0.6) is 0 Å². The summed E-state index contributed by atoms with van der Waals surface area (Å²) in [7, 11) is 0. The number of amides is 1. The molecule has 0 N–H and O–H groups in total. The first-order valence-corrected chi connectivity index (χ1v) is 9.80. The molecule has 0 spiro atoms. The van der Waals surface area contributed by atoms with Gasteiger partial charge in [0.25, 0.3) is 5.91 Å². The second-order valence-electron chi connectivity index (χ2n) is 5.12. The highest BCUT2D eigenvalue weighted by atomic mass is 79.9. The second-order valence-corrected chi connectivity index (χ2v) is 8.61. The molecule has 0 fully saturated rings. The molecule has 0 unspecified atom stereocenters. The highest BCUT2D eigenvalue weighted by Gasteiger charge is 2.27. The van der Waals surface area contributed by atoms with E-state index in [2.05, 4.69) is 27.0 Å². The number of thiophene rings is 1. The van der Waals surface area contributed by atoms with Gasteiger partial charge in [0.15, 0.2) is 0 Å². The minimum absolute atomic E-state index is 0.0452. The van der Waals surface area contributed by atoms with Crippen LogP contribution in [0.1, 0.15) is 16.1 Å². The number of anilines is 1. The average Bonchev–Trinajstić information content (AvgIpc) is 3.24. The number of nitrogens with zero attached hydrogens (tertiary/aromatic N) is 2. The van der Waals surface area contributed by atoms with Gasteiger partial charge in [0.2, 0.25) is 0 Å². The fraction of sp³-hybridized carbons (Fsp3) is 0.125. The molecular formula is C16H10BrClN2OS2. The van der Waals surface area contributed by atoms with Crippen LogP contribution in [-0.2, 0) is 6.42 Å². The molecule has 0 radical (unpaired) electrons. The van der Waals surface area contributed by atoms with Crippen molar-refractivity contribution in [3.05, 3.63) is 55.8 Å². The molecule has 1 aliphatic heterocycles. The lowest BCUT2D eigenvalue weighted by molar-refractivity contribution is 0.0985. The van der Waals surface area contributed by atoms with Gasteiger partial charge in [0.1, 0.15) is 10.7 Å². The van der Waals surface area contributed by atoms with E-state index in [0.29, 0.717) is 12.2 Å². The van der Waals surface area contributed by atoms with Gasteiger partial charge in [-0.15, -0.1) is 22.7 Å². The third-order valence-electron chi connectivity index (χ3n) is 3.69. The molecular weight excluding hydrogens is 416 g/mol. The molecule has 1 aromatic carbocycles. The summed E-state index contributed by atoms with van der Waals surface area (Å²) < 4.78 is 1.76. The maximum absolute atomic E-state index is 12.8. The normalized spacial score (nSPS) is 13.4. The van der Waals surface area contributed by atoms with Crippen molar-refractivity contribution in [3.63, 3.8) is 0 Å². The molecule has 4 rings (SSSR count). The number of fused-ring (bicyclic) bond motifs is 1. The fourth-order valence-corrected chi connectivity index (χ4v) is 4.95. The smallest absolute Gasteiger partial charge is 0.277 e. The number of carbonyl (C=O) groups excluding carboxylic acids is 1. The summed E-state index contributed by atoms with van der Waals surface area (Å²) in [5, 5.41) is 2.66. The zero-order valence-electron chi connectivity index (χ0n) is 11.8. The molecule has 23 heavy (non-hydrogen) atoms. The van der Waals surface area contributed by atoms with Crippen molar-refractivity contribution in [2.75, 3.05) is 11.4 Å². The number of hydrogen-bond acceptors (Lipinski definition) is 4. The summed E-state index contributed by atoms with van der Waals surface area (Å²) in [6, 6.07) is 9.80. The van der Waals surface area contributed by atoms with Crippen LogP contribution in [0.4, 0.5) is 5.69 Å².